The molecule has 0 atom stereocenters. The smallest absolute Gasteiger partial charge is 0.264 e. The van der Waals surface area contributed by atoms with Crippen LogP contribution in [0.5, 0.6) is 5.75 Å². The molecular weight excluding hydrogens is 416 g/mol. The van der Waals surface area contributed by atoms with Gasteiger partial charge in [0.05, 0.1) is 5.69 Å². The first kappa shape index (κ1) is 20.5. The van der Waals surface area contributed by atoms with Crippen molar-refractivity contribution in [1.29, 1.82) is 0 Å². The first-order valence-corrected chi connectivity index (χ1v) is 11.8. The van der Waals surface area contributed by atoms with Crippen LogP contribution in [0.25, 0.3) is 22.4 Å². The van der Waals surface area contributed by atoms with E-state index >= 15 is 0 Å². The van der Waals surface area contributed by atoms with E-state index in [0.29, 0.717) is 10.9 Å². The number of nitrogens with zero attached hydrogens (tertiary/aromatic N) is 1. The van der Waals surface area contributed by atoms with Crippen molar-refractivity contribution >= 4 is 22.4 Å². The van der Waals surface area contributed by atoms with Gasteiger partial charge in [0.1, 0.15) is 5.75 Å². The summed E-state index contributed by atoms with van der Waals surface area (Å²) in [7, 11) is 0. The molecule has 0 saturated carbocycles. The molecule has 0 radical (unpaired) electrons. The summed E-state index contributed by atoms with van der Waals surface area (Å²) in [6, 6.07) is 24.5. The minimum Gasteiger partial charge on any atom is -0.484 e. The molecule has 0 spiro atoms. The highest BCUT2D eigenvalue weighted by atomic mass is 32.1. The van der Waals surface area contributed by atoms with E-state index in [1.165, 1.54) is 41.7 Å². The fourth-order valence-electron chi connectivity index (χ4n) is 4.03. The Hall–Kier alpha value is -3.44. The number of carbonyl (C=O) groups is 1. The maximum Gasteiger partial charge on any atom is 0.264 e. The van der Waals surface area contributed by atoms with Crippen LogP contribution in [-0.4, -0.2) is 17.5 Å². The number of amides is 1. The quantitative estimate of drug-likeness (QED) is 0.379. The van der Waals surface area contributed by atoms with Crippen LogP contribution in [0.4, 0.5) is 5.13 Å². The van der Waals surface area contributed by atoms with Crippen molar-refractivity contribution in [1.82, 2.24) is 4.98 Å². The summed E-state index contributed by atoms with van der Waals surface area (Å²) in [5, 5.41) is 5.42. The maximum absolute atomic E-state index is 12.3. The largest absolute Gasteiger partial charge is 0.484 e. The van der Waals surface area contributed by atoms with Crippen molar-refractivity contribution in [3.63, 3.8) is 0 Å². The number of aryl methyl sites for hydroxylation is 2. The van der Waals surface area contributed by atoms with E-state index in [0.717, 1.165) is 28.8 Å². The van der Waals surface area contributed by atoms with Gasteiger partial charge in [0.15, 0.2) is 11.7 Å². The van der Waals surface area contributed by atoms with E-state index in [1.807, 2.05) is 47.8 Å². The van der Waals surface area contributed by atoms with E-state index in [-0.39, 0.29) is 12.5 Å². The van der Waals surface area contributed by atoms with Crippen LogP contribution in [0.3, 0.4) is 0 Å². The second-order valence-electron chi connectivity index (χ2n) is 7.96. The summed E-state index contributed by atoms with van der Waals surface area (Å²) in [6.45, 7) is -0.0571. The Morgan fingerprint density at radius 2 is 1.59 bits per heavy atom. The summed E-state index contributed by atoms with van der Waals surface area (Å²) in [5.74, 6) is 0.442. The van der Waals surface area contributed by atoms with Gasteiger partial charge in [-0.3, -0.25) is 10.1 Å². The fourth-order valence-corrected chi connectivity index (χ4v) is 4.77. The van der Waals surface area contributed by atoms with Crippen molar-refractivity contribution in [2.75, 3.05) is 11.9 Å². The number of rotatable bonds is 6. The fraction of sp³-hybridized carbons (Fsp3) is 0.185. The van der Waals surface area contributed by atoms with Gasteiger partial charge in [-0.1, -0.05) is 54.6 Å². The zero-order chi connectivity index (χ0) is 21.8. The van der Waals surface area contributed by atoms with E-state index < -0.39 is 0 Å². The molecule has 4 aromatic rings. The Morgan fingerprint density at radius 1 is 0.875 bits per heavy atom. The van der Waals surface area contributed by atoms with Gasteiger partial charge < -0.3 is 4.74 Å². The molecule has 0 unspecified atom stereocenters. The number of anilines is 1. The maximum atomic E-state index is 12.3. The summed E-state index contributed by atoms with van der Waals surface area (Å²) in [6.07, 6.45) is 4.84. The van der Waals surface area contributed by atoms with Crippen LogP contribution in [-0.2, 0) is 17.6 Å². The normalized spacial score (nSPS) is 12.8. The third-order valence-electron chi connectivity index (χ3n) is 5.73. The lowest BCUT2D eigenvalue weighted by molar-refractivity contribution is -0.118. The van der Waals surface area contributed by atoms with Crippen LogP contribution >= 0.6 is 11.3 Å². The number of thiazole rings is 1. The number of fused-ring (bicyclic) bond motifs is 1. The van der Waals surface area contributed by atoms with Crippen molar-refractivity contribution in [3.8, 4) is 28.1 Å². The predicted molar refractivity (Wildman–Crippen MR) is 130 cm³/mol. The molecule has 0 saturated heterocycles. The molecule has 0 bridgehead atoms. The molecule has 1 aliphatic carbocycles. The first-order chi connectivity index (χ1) is 15.7. The molecule has 1 heterocycles. The molecule has 1 aromatic heterocycles. The molecule has 1 aliphatic rings. The number of nitrogens with one attached hydrogen (secondary N) is 1. The Kier molecular flexibility index (Phi) is 5.99. The highest BCUT2D eigenvalue weighted by molar-refractivity contribution is 7.14. The van der Waals surface area contributed by atoms with Crippen LogP contribution in [0.15, 0.2) is 78.2 Å². The molecule has 1 N–H and O–H groups in total. The zero-order valence-electron chi connectivity index (χ0n) is 17.7. The number of carbonyl (C=O) groups excluding carboxylic acids is 1. The van der Waals surface area contributed by atoms with Crippen molar-refractivity contribution < 1.29 is 9.53 Å². The molecule has 0 aliphatic heterocycles. The minimum atomic E-state index is -0.219. The van der Waals surface area contributed by atoms with E-state index in [2.05, 4.69) is 40.6 Å². The third-order valence-corrected chi connectivity index (χ3v) is 6.48. The van der Waals surface area contributed by atoms with Gasteiger partial charge in [0, 0.05) is 10.9 Å². The van der Waals surface area contributed by atoms with Gasteiger partial charge in [-0.2, -0.15) is 0 Å². The van der Waals surface area contributed by atoms with Gasteiger partial charge >= 0.3 is 0 Å². The lowest BCUT2D eigenvalue weighted by Crippen LogP contribution is -2.20. The molecule has 160 valence electrons. The Morgan fingerprint density at radius 3 is 2.41 bits per heavy atom. The van der Waals surface area contributed by atoms with Crippen LogP contribution in [0, 0.1) is 0 Å². The number of ether oxygens (including phenoxy) is 1. The SMILES string of the molecule is O=C(COc1ccc(-c2ccccc2)cc1)Nc1nc(-c2ccc3c(c2)CCCC3)cs1. The Balaban J connectivity index is 1.17. The standard InChI is InChI=1S/C27H24N2O2S/c30-26(17-31-24-14-12-21(13-15-24)19-6-2-1-3-7-19)29-27-28-25(18-32-27)23-11-10-20-8-4-5-9-22(20)16-23/h1-3,6-7,10-16,18H,4-5,8-9,17H2,(H,28,29,30). The van der Waals surface area contributed by atoms with Gasteiger partial charge in [-0.15, -0.1) is 11.3 Å². The minimum absolute atomic E-state index is 0.0571. The van der Waals surface area contributed by atoms with Crippen LogP contribution in [0.2, 0.25) is 0 Å². The Labute approximate surface area is 191 Å². The van der Waals surface area contributed by atoms with E-state index in [4.69, 9.17) is 4.74 Å². The van der Waals surface area contributed by atoms with Gasteiger partial charge in [0.25, 0.3) is 5.91 Å². The van der Waals surface area contributed by atoms with Crippen LogP contribution < -0.4 is 10.1 Å². The average Bonchev–Trinajstić information content (AvgIpc) is 3.32. The van der Waals surface area contributed by atoms with Crippen molar-refractivity contribution in [3.05, 3.63) is 89.3 Å². The zero-order valence-corrected chi connectivity index (χ0v) is 18.5. The molecule has 32 heavy (non-hydrogen) atoms. The van der Waals surface area contributed by atoms with Crippen LogP contribution in [0.1, 0.15) is 24.0 Å². The third kappa shape index (κ3) is 4.73. The average molecular weight is 441 g/mol. The summed E-state index contributed by atoms with van der Waals surface area (Å²) in [5.41, 5.74) is 7.15. The highest BCUT2D eigenvalue weighted by Gasteiger charge is 2.13. The molecule has 1 amide bonds. The molecule has 5 rings (SSSR count). The molecule has 3 aromatic carbocycles. The lowest BCUT2D eigenvalue weighted by Gasteiger charge is -2.16. The highest BCUT2D eigenvalue weighted by Crippen LogP contribution is 2.29. The predicted octanol–water partition coefficient (Wildman–Crippen LogP) is 6.37. The monoisotopic (exact) mass is 440 g/mol. The summed E-state index contributed by atoms with van der Waals surface area (Å²) >= 11 is 1.43. The van der Waals surface area contributed by atoms with E-state index in [1.54, 1.807) is 0 Å². The Bertz CT molecular complexity index is 1220. The topological polar surface area (TPSA) is 51.2 Å². The number of hydrogen-bond acceptors (Lipinski definition) is 4. The molecular formula is C27H24N2O2S. The first-order valence-electron chi connectivity index (χ1n) is 10.9. The van der Waals surface area contributed by atoms with Crippen molar-refractivity contribution in [2.45, 2.75) is 25.7 Å². The second-order valence-corrected chi connectivity index (χ2v) is 8.81. The lowest BCUT2D eigenvalue weighted by atomic mass is 9.90. The molecule has 4 nitrogen and oxygen atoms in total. The summed E-state index contributed by atoms with van der Waals surface area (Å²) < 4.78 is 5.65. The summed E-state index contributed by atoms with van der Waals surface area (Å²) in [4.78, 5) is 16.9. The van der Waals surface area contributed by atoms with E-state index in [9.17, 15) is 4.79 Å². The number of hydrogen-bond donors (Lipinski definition) is 1. The van der Waals surface area contributed by atoms with Gasteiger partial charge in [-0.25, -0.2) is 4.98 Å². The molecule has 0 fully saturated rings. The number of benzene rings is 3. The van der Waals surface area contributed by atoms with Gasteiger partial charge in [-0.05, 0) is 66.1 Å². The second kappa shape index (κ2) is 9.37. The number of aromatic nitrogens is 1. The molecule has 5 heteroatoms. The van der Waals surface area contributed by atoms with Gasteiger partial charge in [0.2, 0.25) is 0 Å². The van der Waals surface area contributed by atoms with Crippen molar-refractivity contribution in [2.24, 2.45) is 0 Å².